The highest BCUT2D eigenvalue weighted by molar-refractivity contribution is 6.14. The summed E-state index contributed by atoms with van der Waals surface area (Å²) >= 11 is 0. The average molecular weight is 605 g/mol. The highest BCUT2D eigenvalue weighted by atomic mass is 16.3. The molecule has 0 saturated carbocycles. The minimum absolute atomic E-state index is 0.200. The fraction of sp³-hybridized carbons (Fsp3) is 0.0698. The van der Waals surface area contributed by atoms with Gasteiger partial charge in [0.15, 0.2) is 11.4 Å². The van der Waals surface area contributed by atoms with E-state index in [9.17, 15) is 0 Å². The minimum atomic E-state index is -0.200. The van der Waals surface area contributed by atoms with E-state index in [4.69, 9.17) is 18.8 Å². The van der Waals surface area contributed by atoms with Gasteiger partial charge in [0.25, 0.3) is 0 Å². The maximum atomic E-state index is 6.68. The maximum absolute atomic E-state index is 6.68. The van der Waals surface area contributed by atoms with Gasteiger partial charge in [0.05, 0.1) is 0 Å². The van der Waals surface area contributed by atoms with Crippen molar-refractivity contribution in [2.45, 2.75) is 19.3 Å². The molecule has 0 amide bonds. The van der Waals surface area contributed by atoms with Gasteiger partial charge in [-0.25, -0.2) is 9.97 Å². The quantitative estimate of drug-likeness (QED) is 0.201. The standard InChI is InChI=1S/C43H28N2O2/c1-43(2)33-17-9-6-14-28(33)31-24-32-29-15-7-10-18-34(29)46-40(32)36(37(31)43)25-20-22-27(23-21-25)42-44-38(26-12-4-3-5-13-26)41-39(45-42)30-16-8-11-19-35(30)47-41/h3-24H,1-2H3. The Morgan fingerprint density at radius 1 is 0.511 bits per heavy atom. The zero-order valence-corrected chi connectivity index (χ0v) is 25.9. The molecule has 3 aromatic heterocycles. The van der Waals surface area contributed by atoms with Gasteiger partial charge in [0.1, 0.15) is 28.0 Å². The summed E-state index contributed by atoms with van der Waals surface area (Å²) in [5.41, 5.74) is 14.1. The first kappa shape index (κ1) is 26.2. The van der Waals surface area contributed by atoms with Gasteiger partial charge in [-0.1, -0.05) is 123 Å². The molecule has 3 heterocycles. The zero-order valence-electron chi connectivity index (χ0n) is 25.9. The molecule has 1 aliphatic rings. The van der Waals surface area contributed by atoms with E-state index in [1.807, 2.05) is 42.5 Å². The molecule has 0 aliphatic heterocycles. The van der Waals surface area contributed by atoms with E-state index in [0.717, 1.165) is 66.4 Å². The van der Waals surface area contributed by atoms with Crippen LogP contribution in [0.5, 0.6) is 0 Å². The van der Waals surface area contributed by atoms with Crippen LogP contribution in [0, 0.1) is 0 Å². The van der Waals surface area contributed by atoms with Gasteiger partial charge in [-0.2, -0.15) is 0 Å². The minimum Gasteiger partial charge on any atom is -0.455 e. The molecular weight excluding hydrogens is 576 g/mol. The fourth-order valence-electron chi connectivity index (χ4n) is 7.69. The summed E-state index contributed by atoms with van der Waals surface area (Å²) in [5.74, 6) is 0.661. The lowest BCUT2D eigenvalue weighted by atomic mass is 9.78. The molecule has 47 heavy (non-hydrogen) atoms. The lowest BCUT2D eigenvalue weighted by Gasteiger charge is -2.24. The number of hydrogen-bond donors (Lipinski definition) is 0. The summed E-state index contributed by atoms with van der Waals surface area (Å²) in [6, 6.07) is 46.4. The van der Waals surface area contributed by atoms with Crippen LogP contribution in [0.1, 0.15) is 25.0 Å². The smallest absolute Gasteiger partial charge is 0.180 e. The number of fused-ring (bicyclic) bond motifs is 9. The van der Waals surface area contributed by atoms with Gasteiger partial charge < -0.3 is 8.83 Å². The summed E-state index contributed by atoms with van der Waals surface area (Å²) < 4.78 is 13.0. The van der Waals surface area contributed by atoms with Crippen LogP contribution in [0.2, 0.25) is 0 Å². The predicted octanol–water partition coefficient (Wildman–Crippen LogP) is 11.6. The van der Waals surface area contributed by atoms with Crippen molar-refractivity contribution in [3.05, 3.63) is 145 Å². The molecule has 0 bridgehead atoms. The molecule has 4 heteroatoms. The fourth-order valence-corrected chi connectivity index (χ4v) is 7.69. The molecule has 4 nitrogen and oxygen atoms in total. The molecule has 0 fully saturated rings. The first-order valence-corrected chi connectivity index (χ1v) is 16.0. The Morgan fingerprint density at radius 2 is 1.15 bits per heavy atom. The van der Waals surface area contributed by atoms with E-state index < -0.39 is 0 Å². The van der Waals surface area contributed by atoms with Gasteiger partial charge in [-0.3, -0.25) is 0 Å². The SMILES string of the molecule is CC1(C)c2ccccc2-c2cc3c(oc4ccccc43)c(-c3ccc(-c4nc(-c5ccccc5)c5oc6ccccc6c5n4)cc3)c21. The molecule has 0 spiro atoms. The van der Waals surface area contributed by atoms with Crippen LogP contribution in [-0.2, 0) is 5.41 Å². The molecule has 0 atom stereocenters. The van der Waals surface area contributed by atoms with Crippen molar-refractivity contribution in [3.63, 3.8) is 0 Å². The Labute approximate surface area is 271 Å². The van der Waals surface area contributed by atoms with Crippen LogP contribution >= 0.6 is 0 Å². The molecule has 10 rings (SSSR count). The molecule has 6 aromatic carbocycles. The third-order valence-corrected chi connectivity index (χ3v) is 9.88. The lowest BCUT2D eigenvalue weighted by molar-refractivity contribution is 0.650. The Bertz CT molecular complexity index is 2700. The van der Waals surface area contributed by atoms with Crippen molar-refractivity contribution < 1.29 is 8.83 Å². The van der Waals surface area contributed by atoms with Gasteiger partial charge in [-0.15, -0.1) is 0 Å². The van der Waals surface area contributed by atoms with E-state index in [2.05, 4.69) is 105 Å². The molecule has 9 aromatic rings. The highest BCUT2D eigenvalue weighted by Gasteiger charge is 2.39. The molecule has 0 saturated heterocycles. The van der Waals surface area contributed by atoms with Crippen LogP contribution in [-0.4, -0.2) is 9.97 Å². The van der Waals surface area contributed by atoms with Crippen molar-refractivity contribution in [1.29, 1.82) is 0 Å². The van der Waals surface area contributed by atoms with Gasteiger partial charge in [0, 0.05) is 38.3 Å². The summed E-state index contributed by atoms with van der Waals surface area (Å²) in [6.07, 6.45) is 0. The second-order valence-corrected chi connectivity index (χ2v) is 12.9. The summed E-state index contributed by atoms with van der Waals surface area (Å²) in [7, 11) is 0. The molecule has 1 aliphatic carbocycles. The van der Waals surface area contributed by atoms with Crippen LogP contribution in [0.4, 0.5) is 0 Å². The number of hydrogen-bond acceptors (Lipinski definition) is 4. The molecule has 0 radical (unpaired) electrons. The first-order valence-electron chi connectivity index (χ1n) is 16.0. The number of rotatable bonds is 3. The largest absolute Gasteiger partial charge is 0.455 e. The third-order valence-electron chi connectivity index (χ3n) is 9.88. The number of benzene rings is 6. The van der Waals surface area contributed by atoms with Crippen molar-refractivity contribution >= 4 is 44.0 Å². The van der Waals surface area contributed by atoms with Crippen molar-refractivity contribution in [1.82, 2.24) is 9.97 Å². The van der Waals surface area contributed by atoms with Gasteiger partial charge in [-0.05, 0) is 52.1 Å². The first-order chi connectivity index (χ1) is 23.1. The maximum Gasteiger partial charge on any atom is 0.180 e. The predicted molar refractivity (Wildman–Crippen MR) is 190 cm³/mol. The van der Waals surface area contributed by atoms with E-state index in [1.165, 1.54) is 22.3 Å². The van der Waals surface area contributed by atoms with Crippen LogP contribution < -0.4 is 0 Å². The molecular formula is C43H28N2O2. The Hall–Kier alpha value is -6.00. The second kappa shape index (κ2) is 9.51. The monoisotopic (exact) mass is 604 g/mol. The van der Waals surface area contributed by atoms with Crippen molar-refractivity contribution in [2.24, 2.45) is 0 Å². The molecule has 222 valence electrons. The van der Waals surface area contributed by atoms with Crippen LogP contribution in [0.25, 0.3) is 88.9 Å². The van der Waals surface area contributed by atoms with E-state index in [-0.39, 0.29) is 5.41 Å². The number of aromatic nitrogens is 2. The van der Waals surface area contributed by atoms with Crippen molar-refractivity contribution in [3.8, 4) is 44.9 Å². The van der Waals surface area contributed by atoms with Gasteiger partial charge >= 0.3 is 0 Å². The summed E-state index contributed by atoms with van der Waals surface area (Å²) in [6.45, 7) is 4.65. The Balaban J connectivity index is 1.20. The van der Waals surface area contributed by atoms with Gasteiger partial charge in [0.2, 0.25) is 0 Å². The Kier molecular flexibility index (Phi) is 5.31. The average Bonchev–Trinajstić information content (AvgIpc) is 3.76. The topological polar surface area (TPSA) is 52.1 Å². The number of para-hydroxylation sites is 2. The van der Waals surface area contributed by atoms with E-state index in [0.29, 0.717) is 11.4 Å². The lowest BCUT2D eigenvalue weighted by Crippen LogP contribution is -2.16. The molecule has 0 unspecified atom stereocenters. The normalized spacial score (nSPS) is 13.5. The zero-order chi connectivity index (χ0) is 31.3. The molecule has 0 N–H and O–H groups in total. The van der Waals surface area contributed by atoms with E-state index >= 15 is 0 Å². The summed E-state index contributed by atoms with van der Waals surface area (Å²) in [4.78, 5) is 10.2. The number of nitrogens with zero attached hydrogens (tertiary/aromatic N) is 2. The van der Waals surface area contributed by atoms with Crippen LogP contribution in [0.15, 0.2) is 142 Å². The summed E-state index contributed by atoms with van der Waals surface area (Å²) in [5, 5.41) is 3.25. The Morgan fingerprint density at radius 3 is 1.96 bits per heavy atom. The number of furan rings is 2. The van der Waals surface area contributed by atoms with Crippen LogP contribution in [0.3, 0.4) is 0 Å². The van der Waals surface area contributed by atoms with E-state index in [1.54, 1.807) is 0 Å². The van der Waals surface area contributed by atoms with Crippen molar-refractivity contribution in [2.75, 3.05) is 0 Å². The second-order valence-electron chi connectivity index (χ2n) is 12.9. The highest BCUT2D eigenvalue weighted by Crippen LogP contribution is 2.55. The third kappa shape index (κ3) is 3.70.